The van der Waals surface area contributed by atoms with Gasteiger partial charge in [0.1, 0.15) is 0 Å². The number of benzene rings is 1. The number of aromatic nitrogens is 2. The Labute approximate surface area is 90.9 Å². The van der Waals surface area contributed by atoms with Crippen molar-refractivity contribution in [2.24, 2.45) is 7.05 Å². The lowest BCUT2D eigenvalue weighted by Gasteiger charge is -2.15. The first-order chi connectivity index (χ1) is 6.89. The Morgan fingerprint density at radius 1 is 1.20 bits per heavy atom. The maximum absolute atomic E-state index is 4.62. The molecule has 0 aliphatic rings. The smallest absolute Gasteiger partial charge is 0.0756 e. The van der Waals surface area contributed by atoms with E-state index in [4.69, 9.17) is 0 Å². The summed E-state index contributed by atoms with van der Waals surface area (Å²) in [6.45, 7) is 8.72. The topological polar surface area (TPSA) is 17.8 Å². The fourth-order valence-corrected chi connectivity index (χ4v) is 1.92. The first kappa shape index (κ1) is 10.2. The van der Waals surface area contributed by atoms with Gasteiger partial charge in [-0.3, -0.25) is 4.68 Å². The minimum absolute atomic E-state index is 0.106. The van der Waals surface area contributed by atoms with Crippen LogP contribution in [0.4, 0.5) is 0 Å². The monoisotopic (exact) mass is 202 g/mol. The molecule has 0 atom stereocenters. The van der Waals surface area contributed by atoms with E-state index in [1.807, 2.05) is 11.7 Å². The molecular weight excluding hydrogens is 184 g/mol. The predicted octanol–water partition coefficient (Wildman–Crippen LogP) is 3.18. The van der Waals surface area contributed by atoms with Crippen molar-refractivity contribution in [1.29, 1.82) is 0 Å². The van der Waals surface area contributed by atoms with Crippen molar-refractivity contribution in [1.82, 2.24) is 9.78 Å². The summed E-state index contributed by atoms with van der Waals surface area (Å²) in [5.41, 5.74) is 3.79. The van der Waals surface area contributed by atoms with Crippen LogP contribution in [0.5, 0.6) is 0 Å². The van der Waals surface area contributed by atoms with E-state index in [1.54, 1.807) is 0 Å². The molecule has 0 amide bonds. The van der Waals surface area contributed by atoms with Crippen molar-refractivity contribution < 1.29 is 0 Å². The summed E-state index contributed by atoms with van der Waals surface area (Å²) in [7, 11) is 2.01. The SMILES string of the molecule is Cc1ccc2c(C(C)(C)C)nn(C)c2c1. The Morgan fingerprint density at radius 3 is 2.47 bits per heavy atom. The number of hydrogen-bond donors (Lipinski definition) is 0. The first-order valence-corrected chi connectivity index (χ1v) is 5.33. The van der Waals surface area contributed by atoms with Crippen LogP contribution in [0.25, 0.3) is 10.9 Å². The second kappa shape index (κ2) is 3.09. The molecule has 0 radical (unpaired) electrons. The highest BCUT2D eigenvalue weighted by atomic mass is 15.3. The number of hydrogen-bond acceptors (Lipinski definition) is 1. The van der Waals surface area contributed by atoms with Gasteiger partial charge in [-0.05, 0) is 18.6 Å². The average Bonchev–Trinajstić information content (AvgIpc) is 2.43. The molecule has 80 valence electrons. The van der Waals surface area contributed by atoms with Crippen LogP contribution in [-0.4, -0.2) is 9.78 Å². The summed E-state index contributed by atoms with van der Waals surface area (Å²) in [5.74, 6) is 0. The molecular formula is C13H18N2. The normalized spacial score (nSPS) is 12.3. The van der Waals surface area contributed by atoms with Crippen LogP contribution in [0.15, 0.2) is 18.2 Å². The number of nitrogens with zero attached hydrogens (tertiary/aromatic N) is 2. The summed E-state index contributed by atoms with van der Waals surface area (Å²) >= 11 is 0. The minimum atomic E-state index is 0.106. The van der Waals surface area contributed by atoms with Crippen molar-refractivity contribution in [2.75, 3.05) is 0 Å². The fraction of sp³-hybridized carbons (Fsp3) is 0.462. The number of aryl methyl sites for hydroxylation is 2. The largest absolute Gasteiger partial charge is 0.268 e. The standard InChI is InChI=1S/C13H18N2/c1-9-6-7-10-11(8-9)15(5)14-12(10)13(2,3)4/h6-8H,1-5H3. The van der Waals surface area contributed by atoms with Crippen molar-refractivity contribution >= 4 is 10.9 Å². The van der Waals surface area contributed by atoms with Crippen molar-refractivity contribution in [3.05, 3.63) is 29.5 Å². The summed E-state index contributed by atoms with van der Waals surface area (Å²) in [4.78, 5) is 0. The highest BCUT2D eigenvalue weighted by Gasteiger charge is 2.21. The van der Waals surface area contributed by atoms with E-state index < -0.39 is 0 Å². The van der Waals surface area contributed by atoms with Crippen molar-refractivity contribution in [2.45, 2.75) is 33.1 Å². The lowest BCUT2D eigenvalue weighted by molar-refractivity contribution is 0.558. The zero-order valence-corrected chi connectivity index (χ0v) is 10.1. The van der Waals surface area contributed by atoms with Crippen molar-refractivity contribution in [3.8, 4) is 0 Å². The van der Waals surface area contributed by atoms with Crippen molar-refractivity contribution in [3.63, 3.8) is 0 Å². The van der Waals surface area contributed by atoms with Gasteiger partial charge in [0.25, 0.3) is 0 Å². The molecule has 0 spiro atoms. The van der Waals surface area contributed by atoms with Gasteiger partial charge in [0, 0.05) is 17.8 Å². The highest BCUT2D eigenvalue weighted by molar-refractivity contribution is 5.83. The van der Waals surface area contributed by atoms with Crippen LogP contribution in [0.3, 0.4) is 0 Å². The van der Waals surface area contributed by atoms with Crippen LogP contribution >= 0.6 is 0 Å². The molecule has 0 fully saturated rings. The maximum atomic E-state index is 4.62. The molecule has 0 saturated carbocycles. The molecule has 1 heterocycles. The Kier molecular flexibility index (Phi) is 2.10. The molecule has 2 heteroatoms. The summed E-state index contributed by atoms with van der Waals surface area (Å²) < 4.78 is 1.98. The maximum Gasteiger partial charge on any atom is 0.0756 e. The van der Waals surface area contributed by atoms with Crippen LogP contribution in [0, 0.1) is 6.92 Å². The minimum Gasteiger partial charge on any atom is -0.268 e. The zero-order chi connectivity index (χ0) is 11.2. The van der Waals surface area contributed by atoms with Crippen LogP contribution in [-0.2, 0) is 12.5 Å². The molecule has 0 saturated heterocycles. The Hall–Kier alpha value is -1.31. The molecule has 15 heavy (non-hydrogen) atoms. The molecule has 0 unspecified atom stereocenters. The number of fused-ring (bicyclic) bond motifs is 1. The lowest BCUT2D eigenvalue weighted by atomic mass is 9.90. The van der Waals surface area contributed by atoms with Gasteiger partial charge in [0.05, 0.1) is 11.2 Å². The summed E-state index contributed by atoms with van der Waals surface area (Å²) in [5, 5.41) is 5.89. The third kappa shape index (κ3) is 1.65. The molecule has 0 aliphatic carbocycles. The molecule has 0 aliphatic heterocycles. The van der Waals surface area contributed by atoms with Gasteiger partial charge >= 0.3 is 0 Å². The zero-order valence-electron chi connectivity index (χ0n) is 10.1. The van der Waals surface area contributed by atoms with Gasteiger partial charge in [0.2, 0.25) is 0 Å². The van der Waals surface area contributed by atoms with Gasteiger partial charge in [0.15, 0.2) is 0 Å². The Balaban J connectivity index is 2.79. The quantitative estimate of drug-likeness (QED) is 0.641. The molecule has 1 aromatic heterocycles. The second-order valence-corrected chi connectivity index (χ2v) is 5.24. The van der Waals surface area contributed by atoms with Crippen LogP contribution < -0.4 is 0 Å². The molecule has 1 aromatic carbocycles. The van der Waals surface area contributed by atoms with Gasteiger partial charge in [-0.1, -0.05) is 32.9 Å². The van der Waals surface area contributed by atoms with Gasteiger partial charge in [-0.15, -0.1) is 0 Å². The molecule has 2 aromatic rings. The van der Waals surface area contributed by atoms with Crippen LogP contribution in [0.2, 0.25) is 0 Å². The summed E-state index contributed by atoms with van der Waals surface area (Å²) in [6, 6.07) is 6.52. The number of rotatable bonds is 0. The second-order valence-electron chi connectivity index (χ2n) is 5.24. The predicted molar refractivity (Wildman–Crippen MR) is 64.2 cm³/mol. The molecule has 0 bridgehead atoms. The van der Waals surface area contributed by atoms with E-state index in [1.165, 1.54) is 22.2 Å². The van der Waals surface area contributed by atoms with Crippen LogP contribution in [0.1, 0.15) is 32.0 Å². The first-order valence-electron chi connectivity index (χ1n) is 5.33. The molecule has 2 rings (SSSR count). The highest BCUT2D eigenvalue weighted by Crippen LogP contribution is 2.29. The Morgan fingerprint density at radius 2 is 1.87 bits per heavy atom. The van der Waals surface area contributed by atoms with E-state index >= 15 is 0 Å². The third-order valence-corrected chi connectivity index (χ3v) is 2.72. The van der Waals surface area contributed by atoms with E-state index in [2.05, 4.69) is 51.0 Å². The van der Waals surface area contributed by atoms with E-state index in [0.29, 0.717) is 0 Å². The third-order valence-electron chi connectivity index (χ3n) is 2.72. The van der Waals surface area contributed by atoms with Gasteiger partial charge < -0.3 is 0 Å². The van der Waals surface area contributed by atoms with E-state index in [-0.39, 0.29) is 5.41 Å². The molecule has 0 N–H and O–H groups in total. The lowest BCUT2D eigenvalue weighted by Crippen LogP contribution is -2.12. The van der Waals surface area contributed by atoms with E-state index in [9.17, 15) is 0 Å². The fourth-order valence-electron chi connectivity index (χ4n) is 1.92. The average molecular weight is 202 g/mol. The summed E-state index contributed by atoms with van der Waals surface area (Å²) in [6.07, 6.45) is 0. The molecule has 2 nitrogen and oxygen atoms in total. The Bertz CT molecular complexity index is 501. The van der Waals surface area contributed by atoms with E-state index in [0.717, 1.165) is 0 Å². The van der Waals surface area contributed by atoms with Gasteiger partial charge in [-0.2, -0.15) is 5.10 Å². The van der Waals surface area contributed by atoms with Gasteiger partial charge in [-0.25, -0.2) is 0 Å².